The maximum atomic E-state index is 9.14. The minimum Gasteiger partial charge on any atom is -0.380 e. The molecule has 2 atom stereocenters. The smallest absolute Gasteiger partial charge is 0.103 e. The zero-order valence-electron chi connectivity index (χ0n) is 9.62. The van der Waals surface area contributed by atoms with Crippen molar-refractivity contribution in [1.82, 2.24) is 0 Å². The van der Waals surface area contributed by atoms with Gasteiger partial charge in [0.1, 0.15) is 6.07 Å². The van der Waals surface area contributed by atoms with Gasteiger partial charge in [-0.15, -0.1) is 0 Å². The Morgan fingerprint density at radius 3 is 2.82 bits per heavy atom. The van der Waals surface area contributed by atoms with Gasteiger partial charge in [0.25, 0.3) is 0 Å². The van der Waals surface area contributed by atoms with Gasteiger partial charge < -0.3 is 11.1 Å². The van der Waals surface area contributed by atoms with Crippen LogP contribution in [0.15, 0.2) is 22.7 Å². The summed E-state index contributed by atoms with van der Waals surface area (Å²) in [6.07, 6.45) is 4.57. The predicted octanol–water partition coefficient (Wildman–Crippen LogP) is 3.00. The molecule has 90 valence electrons. The Morgan fingerprint density at radius 2 is 2.12 bits per heavy atom. The van der Waals surface area contributed by atoms with Crippen LogP contribution in [0.2, 0.25) is 0 Å². The summed E-state index contributed by atoms with van der Waals surface area (Å²) < 4.78 is 0.828. The number of benzene rings is 1. The summed E-state index contributed by atoms with van der Waals surface area (Å²) in [5, 5.41) is 12.6. The normalized spacial score (nSPS) is 24.1. The van der Waals surface area contributed by atoms with Crippen molar-refractivity contribution in [3.63, 3.8) is 0 Å². The number of nitriles is 1. The first-order chi connectivity index (χ1) is 8.22. The summed E-state index contributed by atoms with van der Waals surface area (Å²) in [5.41, 5.74) is 7.64. The highest BCUT2D eigenvalue weighted by Crippen LogP contribution is 2.27. The third-order valence-electron chi connectivity index (χ3n) is 3.29. The van der Waals surface area contributed by atoms with Gasteiger partial charge in [0, 0.05) is 16.6 Å². The highest BCUT2D eigenvalue weighted by molar-refractivity contribution is 9.10. The fourth-order valence-corrected chi connectivity index (χ4v) is 2.75. The molecule has 3 nitrogen and oxygen atoms in total. The zero-order valence-corrected chi connectivity index (χ0v) is 11.2. The third-order valence-corrected chi connectivity index (χ3v) is 3.95. The molecule has 0 unspecified atom stereocenters. The fourth-order valence-electron chi connectivity index (χ4n) is 2.30. The third kappa shape index (κ3) is 2.80. The average molecular weight is 294 g/mol. The molecule has 1 aromatic carbocycles. The van der Waals surface area contributed by atoms with E-state index >= 15 is 0 Å². The van der Waals surface area contributed by atoms with Crippen molar-refractivity contribution in [2.75, 3.05) is 5.32 Å². The molecule has 0 aliphatic heterocycles. The summed E-state index contributed by atoms with van der Waals surface area (Å²) in [5.74, 6) is 0. The van der Waals surface area contributed by atoms with E-state index < -0.39 is 0 Å². The lowest BCUT2D eigenvalue weighted by molar-refractivity contribution is 0.404. The SMILES string of the molecule is N#Cc1c(Br)cccc1N[C@@H]1CCCC[C@H]1N. The van der Waals surface area contributed by atoms with E-state index in [1.165, 1.54) is 12.8 Å². The molecular weight excluding hydrogens is 278 g/mol. The highest BCUT2D eigenvalue weighted by atomic mass is 79.9. The number of hydrogen-bond acceptors (Lipinski definition) is 3. The number of halogens is 1. The number of nitrogens with two attached hydrogens (primary N) is 1. The van der Waals surface area contributed by atoms with Crippen molar-refractivity contribution >= 4 is 21.6 Å². The van der Waals surface area contributed by atoms with Crippen molar-refractivity contribution in [2.45, 2.75) is 37.8 Å². The molecular formula is C13H16BrN3. The second-order valence-corrected chi connectivity index (χ2v) is 5.33. The number of nitrogens with zero attached hydrogens (tertiary/aromatic N) is 1. The van der Waals surface area contributed by atoms with Crippen LogP contribution < -0.4 is 11.1 Å². The van der Waals surface area contributed by atoms with Crippen LogP contribution >= 0.6 is 15.9 Å². The van der Waals surface area contributed by atoms with Gasteiger partial charge in [-0.1, -0.05) is 18.9 Å². The first-order valence-electron chi connectivity index (χ1n) is 5.93. The molecule has 1 fully saturated rings. The standard InChI is InChI=1S/C13H16BrN3/c14-10-4-3-7-12(9(10)8-15)17-13-6-2-1-5-11(13)16/h3-4,7,11,13,17H,1-2,5-6,16H2/t11-,13-/m1/s1. The second-order valence-electron chi connectivity index (χ2n) is 4.47. The second kappa shape index (κ2) is 5.52. The number of anilines is 1. The highest BCUT2D eigenvalue weighted by Gasteiger charge is 2.22. The van der Waals surface area contributed by atoms with Crippen LogP contribution in [0.3, 0.4) is 0 Å². The van der Waals surface area contributed by atoms with E-state index in [4.69, 9.17) is 11.0 Å². The Labute approximate surface area is 110 Å². The molecule has 0 heterocycles. The fraction of sp³-hybridized carbons (Fsp3) is 0.462. The van der Waals surface area contributed by atoms with Crippen molar-refractivity contribution in [3.05, 3.63) is 28.2 Å². The molecule has 4 heteroatoms. The first-order valence-corrected chi connectivity index (χ1v) is 6.72. The Balaban J connectivity index is 2.18. The van der Waals surface area contributed by atoms with Gasteiger partial charge in [-0.25, -0.2) is 0 Å². The summed E-state index contributed by atoms with van der Waals surface area (Å²) in [6.45, 7) is 0. The summed E-state index contributed by atoms with van der Waals surface area (Å²) in [4.78, 5) is 0. The van der Waals surface area contributed by atoms with Gasteiger partial charge in [0.15, 0.2) is 0 Å². The molecule has 2 rings (SSSR count). The van der Waals surface area contributed by atoms with E-state index in [9.17, 15) is 0 Å². The monoisotopic (exact) mass is 293 g/mol. The Morgan fingerprint density at radius 1 is 1.35 bits per heavy atom. The van der Waals surface area contributed by atoms with E-state index in [2.05, 4.69) is 27.3 Å². The molecule has 0 amide bonds. The molecule has 0 saturated heterocycles. The number of rotatable bonds is 2. The Kier molecular flexibility index (Phi) is 4.03. The van der Waals surface area contributed by atoms with Crippen molar-refractivity contribution < 1.29 is 0 Å². The molecule has 1 aliphatic rings. The average Bonchev–Trinajstić information content (AvgIpc) is 2.32. The zero-order chi connectivity index (χ0) is 12.3. The van der Waals surface area contributed by atoms with Crippen molar-refractivity contribution in [3.8, 4) is 6.07 Å². The topological polar surface area (TPSA) is 61.8 Å². The van der Waals surface area contributed by atoms with E-state index in [-0.39, 0.29) is 12.1 Å². The summed E-state index contributed by atoms with van der Waals surface area (Å²) >= 11 is 3.39. The van der Waals surface area contributed by atoms with Gasteiger partial charge in [0.2, 0.25) is 0 Å². The maximum absolute atomic E-state index is 9.14. The minimum absolute atomic E-state index is 0.189. The van der Waals surface area contributed by atoms with Crippen LogP contribution in [-0.4, -0.2) is 12.1 Å². The lowest BCUT2D eigenvalue weighted by atomic mass is 9.90. The number of nitrogens with one attached hydrogen (secondary N) is 1. The molecule has 17 heavy (non-hydrogen) atoms. The predicted molar refractivity (Wildman–Crippen MR) is 72.7 cm³/mol. The Hall–Kier alpha value is -1.05. The van der Waals surface area contributed by atoms with Crippen LogP contribution in [0, 0.1) is 11.3 Å². The first kappa shape index (κ1) is 12.4. The minimum atomic E-state index is 0.189. The Bertz CT molecular complexity index is 439. The lowest BCUT2D eigenvalue weighted by Gasteiger charge is -2.30. The van der Waals surface area contributed by atoms with Crippen LogP contribution in [0.25, 0.3) is 0 Å². The molecule has 1 aromatic rings. The number of hydrogen-bond donors (Lipinski definition) is 2. The molecule has 0 aromatic heterocycles. The van der Waals surface area contributed by atoms with Gasteiger partial charge in [-0.3, -0.25) is 0 Å². The van der Waals surface area contributed by atoms with Gasteiger partial charge in [-0.2, -0.15) is 5.26 Å². The molecule has 0 bridgehead atoms. The van der Waals surface area contributed by atoms with Crippen molar-refractivity contribution in [1.29, 1.82) is 5.26 Å². The molecule has 1 saturated carbocycles. The van der Waals surface area contributed by atoms with E-state index in [1.807, 2.05) is 18.2 Å². The van der Waals surface area contributed by atoms with Gasteiger partial charge in [0.05, 0.1) is 11.3 Å². The van der Waals surface area contributed by atoms with Gasteiger partial charge >= 0.3 is 0 Å². The maximum Gasteiger partial charge on any atom is 0.103 e. The van der Waals surface area contributed by atoms with Gasteiger partial charge in [-0.05, 0) is 40.9 Å². The van der Waals surface area contributed by atoms with Crippen LogP contribution in [0.4, 0.5) is 5.69 Å². The summed E-state index contributed by atoms with van der Waals surface area (Å²) in [7, 11) is 0. The van der Waals surface area contributed by atoms with E-state index in [0.717, 1.165) is 23.0 Å². The molecule has 0 spiro atoms. The van der Waals surface area contributed by atoms with E-state index in [1.54, 1.807) is 0 Å². The van der Waals surface area contributed by atoms with Crippen molar-refractivity contribution in [2.24, 2.45) is 5.73 Å². The summed E-state index contributed by atoms with van der Waals surface area (Å²) in [6, 6.07) is 8.44. The molecule has 0 radical (unpaired) electrons. The van der Waals surface area contributed by atoms with Crippen LogP contribution in [-0.2, 0) is 0 Å². The van der Waals surface area contributed by atoms with Crippen LogP contribution in [0.5, 0.6) is 0 Å². The molecule has 3 N–H and O–H groups in total. The lowest BCUT2D eigenvalue weighted by Crippen LogP contribution is -2.42. The van der Waals surface area contributed by atoms with Crippen LogP contribution in [0.1, 0.15) is 31.2 Å². The van der Waals surface area contributed by atoms with E-state index in [0.29, 0.717) is 5.56 Å². The quantitative estimate of drug-likeness (QED) is 0.881. The molecule has 1 aliphatic carbocycles. The largest absolute Gasteiger partial charge is 0.380 e.